The highest BCUT2D eigenvalue weighted by Crippen LogP contribution is 2.24. The lowest BCUT2D eigenvalue weighted by molar-refractivity contribution is -0.136. The van der Waals surface area contributed by atoms with Crippen molar-refractivity contribution in [2.45, 2.75) is 54.6 Å². The van der Waals surface area contributed by atoms with Crippen LogP contribution in [0.5, 0.6) is 0 Å². The molecule has 0 fully saturated rings. The number of carbonyl (C=O) groups is 2. The molecule has 0 aliphatic rings. The summed E-state index contributed by atoms with van der Waals surface area (Å²) >= 11 is 0. The zero-order valence-electron chi connectivity index (χ0n) is 23.6. The third-order valence-electron chi connectivity index (χ3n) is 4.47. The van der Waals surface area contributed by atoms with Crippen LogP contribution in [0.2, 0.25) is 0 Å². The first kappa shape index (κ1) is 37.1. The molecule has 4 heteroatoms. The Balaban J connectivity index is -0.000000654. The molecule has 0 saturated carbocycles. The predicted molar refractivity (Wildman–Crippen MR) is 157 cm³/mol. The van der Waals surface area contributed by atoms with E-state index in [0.29, 0.717) is 12.2 Å². The van der Waals surface area contributed by atoms with Gasteiger partial charge < -0.3 is 14.3 Å². The second-order valence-corrected chi connectivity index (χ2v) is 6.88. The zero-order chi connectivity index (χ0) is 28.4. The standard InChI is InChI=1S/C21H24O.C6H10O2.C2H6.C2H4.CH2O/c1-4-5-11-19(15-18-10-8-9-17(2)14-18)21-13-7-6-12-20(21)16-22-3;1-4-5(2)6(7)8-3;3*1-2/h5-15H,4,16H2,1-3H3;4H,1-3H3;1-2H3;1-2H2;1H2/b11-5+,19-15+;5-4+;;;. The Bertz CT molecular complexity index is 921. The second-order valence-electron chi connectivity index (χ2n) is 6.88. The van der Waals surface area contributed by atoms with Gasteiger partial charge in [0.25, 0.3) is 0 Å². The van der Waals surface area contributed by atoms with Crippen molar-refractivity contribution in [3.05, 3.63) is 108 Å². The second kappa shape index (κ2) is 26.1. The predicted octanol–water partition coefficient (Wildman–Crippen LogP) is 8.42. The first-order chi connectivity index (χ1) is 17.5. The molecule has 0 N–H and O–H groups in total. The molecule has 4 nitrogen and oxygen atoms in total. The van der Waals surface area contributed by atoms with Crippen LogP contribution in [0.15, 0.2) is 85.5 Å². The molecular formula is C32H46O4. The van der Waals surface area contributed by atoms with Crippen LogP contribution >= 0.6 is 0 Å². The monoisotopic (exact) mass is 494 g/mol. The van der Waals surface area contributed by atoms with E-state index in [4.69, 9.17) is 9.53 Å². The van der Waals surface area contributed by atoms with Crippen molar-refractivity contribution >= 4 is 24.4 Å². The van der Waals surface area contributed by atoms with Crippen molar-refractivity contribution in [3.63, 3.8) is 0 Å². The van der Waals surface area contributed by atoms with Crippen LogP contribution in [0.1, 0.15) is 63.3 Å². The Morgan fingerprint density at radius 2 is 1.61 bits per heavy atom. The summed E-state index contributed by atoms with van der Waals surface area (Å²) in [6, 6.07) is 17.0. The molecule has 36 heavy (non-hydrogen) atoms. The number of ether oxygens (including phenoxy) is 2. The highest BCUT2D eigenvalue weighted by Gasteiger charge is 2.05. The van der Waals surface area contributed by atoms with Gasteiger partial charge in [0.15, 0.2) is 0 Å². The summed E-state index contributed by atoms with van der Waals surface area (Å²) in [7, 11) is 3.11. The van der Waals surface area contributed by atoms with Crippen LogP contribution in [0.25, 0.3) is 11.6 Å². The lowest BCUT2D eigenvalue weighted by atomic mass is 9.97. The molecule has 2 aromatic rings. The smallest absolute Gasteiger partial charge is 0.333 e. The van der Waals surface area contributed by atoms with Crippen molar-refractivity contribution < 1.29 is 19.1 Å². The molecule has 0 aliphatic carbocycles. The van der Waals surface area contributed by atoms with Gasteiger partial charge in [-0.25, -0.2) is 4.79 Å². The molecule has 0 aromatic heterocycles. The van der Waals surface area contributed by atoms with E-state index in [-0.39, 0.29) is 5.97 Å². The van der Waals surface area contributed by atoms with Gasteiger partial charge in [-0.2, -0.15) is 0 Å². The third kappa shape index (κ3) is 16.2. The quantitative estimate of drug-likeness (QED) is 0.127. The average Bonchev–Trinajstić information content (AvgIpc) is 2.94. The van der Waals surface area contributed by atoms with Crippen molar-refractivity contribution in [2.24, 2.45) is 0 Å². The Labute approximate surface area is 220 Å². The Hall–Kier alpha value is -3.50. The van der Waals surface area contributed by atoms with E-state index < -0.39 is 0 Å². The first-order valence-corrected chi connectivity index (χ1v) is 12.0. The van der Waals surface area contributed by atoms with Crippen molar-refractivity contribution in [1.82, 2.24) is 0 Å². The van der Waals surface area contributed by atoms with Gasteiger partial charge in [-0.05, 0) is 55.5 Å². The van der Waals surface area contributed by atoms with E-state index >= 15 is 0 Å². The van der Waals surface area contributed by atoms with Gasteiger partial charge in [0.1, 0.15) is 6.79 Å². The summed E-state index contributed by atoms with van der Waals surface area (Å²) in [5.74, 6) is -0.257. The largest absolute Gasteiger partial charge is 0.466 e. The van der Waals surface area contributed by atoms with Gasteiger partial charge in [-0.15, -0.1) is 13.2 Å². The van der Waals surface area contributed by atoms with Gasteiger partial charge in [-0.1, -0.05) is 93.1 Å². The third-order valence-corrected chi connectivity index (χ3v) is 4.47. The number of benzene rings is 2. The maximum Gasteiger partial charge on any atom is 0.333 e. The van der Waals surface area contributed by atoms with Crippen molar-refractivity contribution in [1.29, 1.82) is 0 Å². The molecule has 0 bridgehead atoms. The minimum Gasteiger partial charge on any atom is -0.466 e. The van der Waals surface area contributed by atoms with E-state index in [1.165, 1.54) is 34.9 Å². The molecular weight excluding hydrogens is 448 g/mol. The fraction of sp³-hybridized carbons (Fsp3) is 0.312. The summed E-state index contributed by atoms with van der Waals surface area (Å²) in [5, 5.41) is 0. The van der Waals surface area contributed by atoms with Gasteiger partial charge >= 0.3 is 5.97 Å². The van der Waals surface area contributed by atoms with E-state index in [9.17, 15) is 4.79 Å². The number of methoxy groups -OCH3 is 2. The first-order valence-electron chi connectivity index (χ1n) is 12.0. The normalized spacial score (nSPS) is 10.2. The zero-order valence-corrected chi connectivity index (χ0v) is 23.6. The molecule has 198 valence electrons. The van der Waals surface area contributed by atoms with Gasteiger partial charge in [-0.3, -0.25) is 0 Å². The number of allylic oxidation sites excluding steroid dienone is 4. The number of hydrogen-bond donors (Lipinski definition) is 0. The lowest BCUT2D eigenvalue weighted by Gasteiger charge is -2.10. The van der Waals surface area contributed by atoms with Crippen molar-refractivity contribution in [2.75, 3.05) is 14.2 Å². The molecule has 0 amide bonds. The number of rotatable bonds is 7. The molecule has 0 aliphatic heterocycles. The number of aryl methyl sites for hydroxylation is 1. The summed E-state index contributed by atoms with van der Waals surface area (Å²) in [5.41, 5.74) is 6.81. The Kier molecular flexibility index (Phi) is 26.9. The molecule has 0 spiro atoms. The molecule has 2 aromatic carbocycles. The minimum absolute atomic E-state index is 0.257. The van der Waals surface area contributed by atoms with Crippen LogP contribution in [0, 0.1) is 6.92 Å². The SMILES string of the molecule is C/C=C(\C)C(=O)OC.C=C.C=O.CC.CC/C=C/C(=C\c1cccc(C)c1)c1ccccc1COC. The maximum atomic E-state index is 10.5. The highest BCUT2D eigenvalue weighted by atomic mass is 16.5. The van der Waals surface area contributed by atoms with E-state index in [1.807, 2.05) is 20.6 Å². The summed E-state index contributed by atoms with van der Waals surface area (Å²) < 4.78 is 9.74. The van der Waals surface area contributed by atoms with E-state index in [0.717, 1.165) is 6.42 Å². The number of esters is 1. The van der Waals surface area contributed by atoms with Crippen LogP contribution in [0.3, 0.4) is 0 Å². The van der Waals surface area contributed by atoms with E-state index in [1.54, 1.807) is 27.0 Å². The Morgan fingerprint density at radius 3 is 2.08 bits per heavy atom. The topological polar surface area (TPSA) is 52.6 Å². The van der Waals surface area contributed by atoms with Crippen LogP contribution < -0.4 is 0 Å². The molecule has 2 rings (SSSR count). The van der Waals surface area contributed by atoms with Crippen LogP contribution in [-0.4, -0.2) is 27.0 Å². The average molecular weight is 495 g/mol. The van der Waals surface area contributed by atoms with E-state index in [2.05, 4.69) is 98.5 Å². The Morgan fingerprint density at radius 1 is 1.00 bits per heavy atom. The van der Waals surface area contributed by atoms with Gasteiger partial charge in [0.05, 0.1) is 13.7 Å². The fourth-order valence-electron chi connectivity index (χ4n) is 2.76. The molecule has 0 atom stereocenters. The summed E-state index contributed by atoms with van der Waals surface area (Å²) in [6.07, 6.45) is 9.39. The fourth-order valence-corrected chi connectivity index (χ4v) is 2.76. The molecule has 0 saturated heterocycles. The maximum absolute atomic E-state index is 10.5. The lowest BCUT2D eigenvalue weighted by Crippen LogP contribution is -2.00. The molecule has 0 heterocycles. The molecule has 0 unspecified atom stereocenters. The summed E-state index contributed by atoms with van der Waals surface area (Å²) in [6.45, 7) is 20.4. The van der Waals surface area contributed by atoms with Gasteiger partial charge in [0, 0.05) is 12.7 Å². The van der Waals surface area contributed by atoms with Crippen LogP contribution in [-0.2, 0) is 25.7 Å². The highest BCUT2D eigenvalue weighted by molar-refractivity contribution is 5.88. The van der Waals surface area contributed by atoms with Crippen LogP contribution in [0.4, 0.5) is 0 Å². The minimum atomic E-state index is -0.257. The van der Waals surface area contributed by atoms with Crippen molar-refractivity contribution in [3.8, 4) is 0 Å². The molecule has 0 radical (unpaired) electrons. The number of hydrogen-bond acceptors (Lipinski definition) is 4. The van der Waals surface area contributed by atoms with Gasteiger partial charge in [0.2, 0.25) is 0 Å². The summed E-state index contributed by atoms with van der Waals surface area (Å²) in [4.78, 5) is 18.5. The number of carbonyl (C=O) groups excluding carboxylic acids is 2.